The van der Waals surface area contributed by atoms with Gasteiger partial charge >= 0.3 is 0 Å². The monoisotopic (exact) mass is 347 g/mol. The lowest BCUT2D eigenvalue weighted by atomic mass is 10.2. The molecule has 1 aromatic heterocycles. The van der Waals surface area contributed by atoms with Gasteiger partial charge in [0.05, 0.1) is 12.7 Å². The van der Waals surface area contributed by atoms with Gasteiger partial charge in [0.2, 0.25) is 0 Å². The normalized spacial score (nSPS) is 12.9. The summed E-state index contributed by atoms with van der Waals surface area (Å²) < 4.78 is 5.59. The van der Waals surface area contributed by atoms with Gasteiger partial charge in [0.1, 0.15) is 0 Å². The molecule has 0 amide bonds. The maximum atomic E-state index is 10.3. The lowest BCUT2D eigenvalue weighted by Crippen LogP contribution is -2.34. The molecular formula is C20H29NO2S. The number of aryl methyl sites for hydroxylation is 1. The number of aliphatic hydroxyl groups excluding tert-OH is 1. The molecule has 1 heterocycles. The standard InChI is InChI=1S/C20H29NO2S/c1-16(2)14-23-15-19(22)12-21(11-18-7-5-4-6-8-18)13-20-10-9-17(3)24-20/h4-10,16,19,22H,11-15H2,1-3H3. The summed E-state index contributed by atoms with van der Waals surface area (Å²) in [6.45, 7) is 9.76. The van der Waals surface area contributed by atoms with Crippen molar-refractivity contribution in [2.24, 2.45) is 5.92 Å². The van der Waals surface area contributed by atoms with E-state index < -0.39 is 6.10 Å². The lowest BCUT2D eigenvalue weighted by Gasteiger charge is -2.25. The zero-order valence-corrected chi connectivity index (χ0v) is 15.8. The van der Waals surface area contributed by atoms with Crippen LogP contribution in [0.3, 0.4) is 0 Å². The summed E-state index contributed by atoms with van der Waals surface area (Å²) in [7, 11) is 0. The number of hydrogen-bond donors (Lipinski definition) is 1. The number of hydrogen-bond acceptors (Lipinski definition) is 4. The van der Waals surface area contributed by atoms with Gasteiger partial charge < -0.3 is 9.84 Å². The van der Waals surface area contributed by atoms with E-state index in [0.717, 1.165) is 13.1 Å². The zero-order chi connectivity index (χ0) is 17.4. The Hall–Kier alpha value is -1.20. The Labute approximate surface area is 149 Å². The third-order valence-corrected chi connectivity index (χ3v) is 4.64. The minimum absolute atomic E-state index is 0.396. The van der Waals surface area contributed by atoms with E-state index in [4.69, 9.17) is 4.74 Å². The molecule has 0 aliphatic heterocycles. The van der Waals surface area contributed by atoms with Crippen LogP contribution in [0.25, 0.3) is 0 Å². The molecule has 1 unspecified atom stereocenters. The molecule has 2 aromatic rings. The predicted octanol–water partition coefficient (Wildman–Crippen LogP) is 4.09. The minimum Gasteiger partial charge on any atom is -0.389 e. The summed E-state index contributed by atoms with van der Waals surface area (Å²) in [6.07, 6.45) is -0.464. The average molecular weight is 348 g/mol. The zero-order valence-electron chi connectivity index (χ0n) is 14.9. The van der Waals surface area contributed by atoms with E-state index in [1.165, 1.54) is 15.3 Å². The Morgan fingerprint density at radius 3 is 2.42 bits per heavy atom. The molecule has 0 fully saturated rings. The van der Waals surface area contributed by atoms with Crippen molar-refractivity contribution >= 4 is 11.3 Å². The van der Waals surface area contributed by atoms with E-state index in [1.54, 1.807) is 0 Å². The van der Waals surface area contributed by atoms with Gasteiger partial charge in [0, 0.05) is 36.0 Å². The molecule has 0 aliphatic carbocycles. The Morgan fingerprint density at radius 1 is 1.04 bits per heavy atom. The number of nitrogens with zero attached hydrogens (tertiary/aromatic N) is 1. The van der Waals surface area contributed by atoms with Gasteiger partial charge in [0.25, 0.3) is 0 Å². The Bertz CT molecular complexity index is 582. The fourth-order valence-electron chi connectivity index (χ4n) is 2.61. The highest BCUT2D eigenvalue weighted by atomic mass is 32.1. The number of benzene rings is 1. The van der Waals surface area contributed by atoms with Gasteiger partial charge in [-0.3, -0.25) is 4.90 Å². The minimum atomic E-state index is -0.464. The first-order valence-corrected chi connectivity index (χ1v) is 9.42. The molecule has 3 nitrogen and oxygen atoms in total. The molecule has 0 bridgehead atoms. The third-order valence-electron chi connectivity index (χ3n) is 3.65. The van der Waals surface area contributed by atoms with Gasteiger partial charge in [-0.25, -0.2) is 0 Å². The maximum absolute atomic E-state index is 10.3. The molecule has 1 atom stereocenters. The molecule has 1 aromatic carbocycles. The molecule has 0 radical (unpaired) electrons. The number of rotatable bonds is 10. The average Bonchev–Trinajstić information content (AvgIpc) is 2.93. The summed E-state index contributed by atoms with van der Waals surface area (Å²) in [5, 5.41) is 10.3. The van der Waals surface area contributed by atoms with Crippen LogP contribution in [0.2, 0.25) is 0 Å². The molecular weight excluding hydrogens is 318 g/mol. The molecule has 0 aliphatic rings. The molecule has 24 heavy (non-hydrogen) atoms. The van der Waals surface area contributed by atoms with E-state index in [1.807, 2.05) is 17.4 Å². The summed E-state index contributed by atoms with van der Waals surface area (Å²) in [6, 6.07) is 14.8. The predicted molar refractivity (Wildman–Crippen MR) is 101 cm³/mol. The molecule has 0 saturated carbocycles. The summed E-state index contributed by atoms with van der Waals surface area (Å²) >= 11 is 1.82. The van der Waals surface area contributed by atoms with Gasteiger partial charge in [-0.15, -0.1) is 11.3 Å². The van der Waals surface area contributed by atoms with Crippen LogP contribution in [0.15, 0.2) is 42.5 Å². The molecule has 1 N–H and O–H groups in total. The van der Waals surface area contributed by atoms with Crippen molar-refractivity contribution in [2.75, 3.05) is 19.8 Å². The first kappa shape index (κ1) is 19.1. The largest absolute Gasteiger partial charge is 0.389 e. The van der Waals surface area contributed by atoms with Crippen LogP contribution in [0.1, 0.15) is 29.2 Å². The summed E-state index contributed by atoms with van der Waals surface area (Å²) in [5.41, 5.74) is 1.26. The summed E-state index contributed by atoms with van der Waals surface area (Å²) in [5.74, 6) is 0.492. The highest BCUT2D eigenvalue weighted by molar-refractivity contribution is 7.11. The summed E-state index contributed by atoms with van der Waals surface area (Å²) in [4.78, 5) is 4.95. The Kier molecular flexibility index (Phi) is 7.92. The van der Waals surface area contributed by atoms with Crippen molar-refractivity contribution in [3.63, 3.8) is 0 Å². The van der Waals surface area contributed by atoms with Crippen molar-refractivity contribution in [3.8, 4) is 0 Å². The van der Waals surface area contributed by atoms with E-state index in [0.29, 0.717) is 25.7 Å². The van der Waals surface area contributed by atoms with Crippen LogP contribution < -0.4 is 0 Å². The molecule has 0 spiro atoms. The van der Waals surface area contributed by atoms with Crippen LogP contribution in [0.4, 0.5) is 0 Å². The van der Waals surface area contributed by atoms with Crippen LogP contribution in [-0.2, 0) is 17.8 Å². The van der Waals surface area contributed by atoms with Gasteiger partial charge in [-0.05, 0) is 30.5 Å². The van der Waals surface area contributed by atoms with E-state index in [9.17, 15) is 5.11 Å². The van der Waals surface area contributed by atoms with Crippen LogP contribution in [-0.4, -0.2) is 35.9 Å². The first-order chi connectivity index (χ1) is 11.5. The highest BCUT2D eigenvalue weighted by Crippen LogP contribution is 2.18. The third kappa shape index (κ3) is 7.14. The Balaban J connectivity index is 1.93. The van der Waals surface area contributed by atoms with Crippen molar-refractivity contribution in [1.82, 2.24) is 4.90 Å². The first-order valence-electron chi connectivity index (χ1n) is 8.60. The van der Waals surface area contributed by atoms with Crippen molar-refractivity contribution < 1.29 is 9.84 Å². The quantitative estimate of drug-likeness (QED) is 0.702. The number of thiophene rings is 1. The second kappa shape index (κ2) is 9.94. The van der Waals surface area contributed by atoms with Crippen LogP contribution >= 0.6 is 11.3 Å². The lowest BCUT2D eigenvalue weighted by molar-refractivity contribution is 0.00570. The van der Waals surface area contributed by atoms with Gasteiger partial charge in [-0.2, -0.15) is 0 Å². The number of ether oxygens (including phenoxy) is 1. The SMILES string of the molecule is Cc1ccc(CN(Cc2ccccc2)CC(O)COCC(C)C)s1. The molecule has 0 saturated heterocycles. The topological polar surface area (TPSA) is 32.7 Å². The van der Waals surface area contributed by atoms with Crippen molar-refractivity contribution in [2.45, 2.75) is 40.0 Å². The molecule has 132 valence electrons. The van der Waals surface area contributed by atoms with E-state index in [2.05, 4.69) is 62.1 Å². The van der Waals surface area contributed by atoms with E-state index >= 15 is 0 Å². The number of aliphatic hydroxyl groups is 1. The fraction of sp³-hybridized carbons (Fsp3) is 0.500. The Morgan fingerprint density at radius 2 is 1.79 bits per heavy atom. The molecule has 4 heteroatoms. The second-order valence-corrected chi connectivity index (χ2v) is 8.13. The highest BCUT2D eigenvalue weighted by Gasteiger charge is 2.14. The van der Waals surface area contributed by atoms with Crippen molar-refractivity contribution in [1.29, 1.82) is 0 Å². The van der Waals surface area contributed by atoms with Gasteiger partial charge in [-0.1, -0.05) is 44.2 Å². The van der Waals surface area contributed by atoms with E-state index in [-0.39, 0.29) is 0 Å². The van der Waals surface area contributed by atoms with Gasteiger partial charge in [0.15, 0.2) is 0 Å². The van der Waals surface area contributed by atoms with Crippen LogP contribution in [0.5, 0.6) is 0 Å². The fourth-order valence-corrected chi connectivity index (χ4v) is 3.54. The van der Waals surface area contributed by atoms with Crippen LogP contribution in [0, 0.1) is 12.8 Å². The maximum Gasteiger partial charge on any atom is 0.0900 e. The molecule has 2 rings (SSSR count). The van der Waals surface area contributed by atoms with Crippen molar-refractivity contribution in [3.05, 3.63) is 57.8 Å². The second-order valence-electron chi connectivity index (χ2n) is 6.75. The smallest absolute Gasteiger partial charge is 0.0900 e.